The molecule has 0 amide bonds. The third kappa shape index (κ3) is 9.10. The highest BCUT2D eigenvalue weighted by Gasteiger charge is 2.41. The van der Waals surface area contributed by atoms with Crippen LogP contribution in [0.3, 0.4) is 0 Å². The van der Waals surface area contributed by atoms with Crippen LogP contribution >= 0.6 is 0 Å². The maximum absolute atomic E-state index is 14.5. The molecule has 0 fully saturated rings. The van der Waals surface area contributed by atoms with E-state index in [2.05, 4.69) is 4.90 Å². The van der Waals surface area contributed by atoms with Crippen LogP contribution in [-0.4, -0.2) is 24.0 Å². The van der Waals surface area contributed by atoms with Gasteiger partial charge in [-0.1, -0.05) is 83.5 Å². The maximum atomic E-state index is 14.5. The van der Waals surface area contributed by atoms with Crippen molar-refractivity contribution < 1.29 is 31.9 Å². The summed E-state index contributed by atoms with van der Waals surface area (Å²) in [5.41, 5.74) is 0.644. The number of benzene rings is 3. The maximum Gasteiger partial charge on any atom is 0.453 e. The smallest absolute Gasteiger partial charge is 0.449 e. The predicted molar refractivity (Wildman–Crippen MR) is 174 cm³/mol. The molecule has 46 heavy (non-hydrogen) atoms. The van der Waals surface area contributed by atoms with E-state index in [-0.39, 0.29) is 46.4 Å². The van der Waals surface area contributed by atoms with Crippen LogP contribution < -0.4 is 14.9 Å². The Bertz CT molecular complexity index is 1700. The Labute approximate surface area is 267 Å². The van der Waals surface area contributed by atoms with Gasteiger partial charge in [-0.25, -0.2) is 4.79 Å². The van der Waals surface area contributed by atoms with Crippen LogP contribution in [0.2, 0.25) is 0 Å². The predicted octanol–water partition coefficient (Wildman–Crippen LogP) is 9.29. The van der Waals surface area contributed by atoms with Gasteiger partial charge in [0.1, 0.15) is 17.1 Å². The molecule has 0 N–H and O–H groups in total. The van der Waals surface area contributed by atoms with Crippen LogP contribution in [0.4, 0.5) is 13.2 Å². The monoisotopic (exact) mass is 635 g/mol. The number of aryl methyl sites for hydroxylation is 1. The molecule has 1 heterocycles. The van der Waals surface area contributed by atoms with E-state index in [1.54, 1.807) is 18.2 Å². The van der Waals surface area contributed by atoms with Crippen molar-refractivity contribution in [3.8, 4) is 17.2 Å². The number of hydrogen-bond donors (Lipinski definition) is 0. The highest BCUT2D eigenvalue weighted by atomic mass is 19.4. The molecule has 0 saturated carbocycles. The van der Waals surface area contributed by atoms with Gasteiger partial charge in [-0.05, 0) is 59.7 Å². The Balaban J connectivity index is 1.85. The molecule has 0 unspecified atom stereocenters. The van der Waals surface area contributed by atoms with Gasteiger partial charge in [-0.2, -0.15) is 13.2 Å². The van der Waals surface area contributed by atoms with Gasteiger partial charge in [0.2, 0.25) is 11.2 Å². The van der Waals surface area contributed by atoms with E-state index in [9.17, 15) is 22.8 Å². The molecule has 4 aromatic rings. The largest absolute Gasteiger partial charge is 0.453 e. The van der Waals surface area contributed by atoms with Crippen molar-refractivity contribution in [3.05, 3.63) is 105 Å². The van der Waals surface area contributed by atoms with E-state index in [0.29, 0.717) is 13.1 Å². The number of alkyl halides is 3. The van der Waals surface area contributed by atoms with Crippen molar-refractivity contribution in [3.63, 3.8) is 0 Å². The quantitative estimate of drug-likeness (QED) is 0.0829. The molecule has 9 heteroatoms. The summed E-state index contributed by atoms with van der Waals surface area (Å²) >= 11 is 0. The number of carbonyl (C=O) groups is 1. The van der Waals surface area contributed by atoms with Crippen LogP contribution in [0.15, 0.2) is 82.0 Å². The Morgan fingerprint density at radius 2 is 1.59 bits per heavy atom. The minimum Gasteiger partial charge on any atom is -0.449 e. The zero-order valence-electron chi connectivity index (χ0n) is 26.8. The first kappa shape index (κ1) is 34.5. The second-order valence-corrected chi connectivity index (χ2v) is 12.1. The normalized spacial score (nSPS) is 12.2. The minimum absolute atomic E-state index is 0.00387. The molecule has 0 aliphatic carbocycles. The average molecular weight is 636 g/mol. The molecule has 0 saturated heterocycles. The standard InChI is InChI=1S/C37H40F3NO5/c1-6-10-26-13-16-28(17-14-26)44-35-33(43)29-18-19-31(45-32(42)20-15-27-11-8-7-9-12-27)30(34(29)46-36(35)37(38,39)40)23-41(21-24(2)3)22-25(4)5/h7-9,11-20,24-25H,6,10,21-23H2,1-5H3. The first-order valence-corrected chi connectivity index (χ1v) is 15.5. The number of esters is 1. The zero-order chi connectivity index (χ0) is 33.4. The SMILES string of the molecule is CCCc1ccc(Oc2c(C(F)(F)F)oc3c(CN(CC(C)C)CC(C)C)c(OC(=O)C=Cc4ccccc4)ccc3c2=O)cc1. The van der Waals surface area contributed by atoms with Gasteiger partial charge >= 0.3 is 12.1 Å². The lowest BCUT2D eigenvalue weighted by Gasteiger charge is -2.27. The minimum atomic E-state index is -5.05. The molecule has 0 aliphatic rings. The molecular weight excluding hydrogens is 595 g/mol. The summed E-state index contributed by atoms with van der Waals surface area (Å²) in [5, 5.41) is -0.116. The fraction of sp³-hybridized carbons (Fsp3) is 0.351. The first-order valence-electron chi connectivity index (χ1n) is 15.5. The van der Waals surface area contributed by atoms with E-state index < -0.39 is 29.1 Å². The molecular formula is C37H40F3NO5. The lowest BCUT2D eigenvalue weighted by atomic mass is 10.1. The summed E-state index contributed by atoms with van der Waals surface area (Å²) in [6, 6.07) is 18.4. The molecule has 3 aromatic carbocycles. The van der Waals surface area contributed by atoms with Crippen molar-refractivity contribution >= 4 is 23.0 Å². The third-order valence-corrected chi connectivity index (χ3v) is 7.07. The van der Waals surface area contributed by atoms with Gasteiger partial charge in [-0.15, -0.1) is 0 Å². The molecule has 0 aliphatic heterocycles. The molecule has 0 atom stereocenters. The first-order chi connectivity index (χ1) is 21.8. The second-order valence-electron chi connectivity index (χ2n) is 12.1. The molecule has 0 spiro atoms. The average Bonchev–Trinajstić information content (AvgIpc) is 2.99. The van der Waals surface area contributed by atoms with Gasteiger partial charge in [0, 0.05) is 25.7 Å². The van der Waals surface area contributed by atoms with Gasteiger partial charge < -0.3 is 13.9 Å². The summed E-state index contributed by atoms with van der Waals surface area (Å²) in [7, 11) is 0. The highest BCUT2D eigenvalue weighted by Crippen LogP contribution is 2.40. The van der Waals surface area contributed by atoms with Gasteiger partial charge in [0.15, 0.2) is 0 Å². The number of fused-ring (bicyclic) bond motifs is 1. The number of halogens is 3. The van der Waals surface area contributed by atoms with Gasteiger partial charge in [0.25, 0.3) is 5.76 Å². The van der Waals surface area contributed by atoms with Crippen LogP contribution in [0, 0.1) is 11.8 Å². The Hall–Kier alpha value is -4.37. The van der Waals surface area contributed by atoms with E-state index in [0.717, 1.165) is 24.0 Å². The van der Waals surface area contributed by atoms with Crippen molar-refractivity contribution in [1.82, 2.24) is 4.90 Å². The lowest BCUT2D eigenvalue weighted by Crippen LogP contribution is -2.31. The van der Waals surface area contributed by atoms with E-state index in [1.807, 2.05) is 65.0 Å². The fourth-order valence-electron chi connectivity index (χ4n) is 5.27. The van der Waals surface area contributed by atoms with Crippen molar-refractivity contribution in [2.75, 3.05) is 13.1 Å². The van der Waals surface area contributed by atoms with Crippen LogP contribution in [0.1, 0.15) is 63.5 Å². The molecule has 244 valence electrons. The second kappa shape index (κ2) is 15.3. The van der Waals surface area contributed by atoms with E-state index >= 15 is 0 Å². The van der Waals surface area contributed by atoms with Crippen LogP contribution in [-0.2, 0) is 23.9 Å². The molecule has 0 radical (unpaired) electrons. The fourth-order valence-corrected chi connectivity index (χ4v) is 5.27. The van der Waals surface area contributed by atoms with Crippen molar-refractivity contribution in [1.29, 1.82) is 0 Å². The lowest BCUT2D eigenvalue weighted by molar-refractivity contribution is -0.154. The summed E-state index contributed by atoms with van der Waals surface area (Å²) in [5.74, 6) is -2.70. The number of hydrogen-bond acceptors (Lipinski definition) is 6. The summed E-state index contributed by atoms with van der Waals surface area (Å²) < 4.78 is 60.4. The number of nitrogens with zero attached hydrogens (tertiary/aromatic N) is 1. The Morgan fingerprint density at radius 3 is 2.17 bits per heavy atom. The molecule has 1 aromatic heterocycles. The Morgan fingerprint density at radius 1 is 0.935 bits per heavy atom. The van der Waals surface area contributed by atoms with E-state index in [4.69, 9.17) is 13.9 Å². The van der Waals surface area contributed by atoms with Crippen molar-refractivity contribution in [2.45, 2.75) is 60.2 Å². The van der Waals surface area contributed by atoms with Gasteiger partial charge in [0.05, 0.1) is 10.9 Å². The number of carbonyl (C=O) groups excluding carboxylic acids is 1. The third-order valence-electron chi connectivity index (χ3n) is 7.07. The van der Waals surface area contributed by atoms with Crippen LogP contribution in [0.5, 0.6) is 17.2 Å². The highest BCUT2D eigenvalue weighted by molar-refractivity contribution is 5.90. The van der Waals surface area contributed by atoms with Gasteiger partial charge in [-0.3, -0.25) is 9.69 Å². The summed E-state index contributed by atoms with van der Waals surface area (Å²) in [6.45, 7) is 11.5. The van der Waals surface area contributed by atoms with Crippen LogP contribution in [0.25, 0.3) is 17.0 Å². The molecule has 4 rings (SSSR count). The molecule has 6 nitrogen and oxygen atoms in total. The summed E-state index contributed by atoms with van der Waals surface area (Å²) in [4.78, 5) is 28.7. The number of rotatable bonds is 13. The zero-order valence-corrected chi connectivity index (χ0v) is 26.8. The molecule has 0 bridgehead atoms. The van der Waals surface area contributed by atoms with Crippen molar-refractivity contribution in [2.24, 2.45) is 11.8 Å². The van der Waals surface area contributed by atoms with E-state index in [1.165, 1.54) is 30.3 Å². The topological polar surface area (TPSA) is 69.0 Å². The Kier molecular flexibility index (Phi) is 11.5. The number of ether oxygens (including phenoxy) is 2. The summed E-state index contributed by atoms with van der Waals surface area (Å²) in [6.07, 6.45) is -0.533.